The van der Waals surface area contributed by atoms with Gasteiger partial charge in [-0.1, -0.05) is 0 Å². The standard InChI is InChI=1S/C8H9ClN2O/c1-6(12)10-7-2-4-8(11-9)5-3-7/h2-5,11H,1H3,(H,10,12). The lowest BCUT2D eigenvalue weighted by atomic mass is 10.3. The predicted octanol–water partition coefficient (Wildman–Crippen LogP) is 2.21. The van der Waals surface area contributed by atoms with Crippen LogP contribution in [0.15, 0.2) is 24.3 Å². The molecule has 0 spiro atoms. The quantitative estimate of drug-likeness (QED) is 0.692. The van der Waals surface area contributed by atoms with Crippen molar-refractivity contribution in [1.29, 1.82) is 0 Å². The molecule has 2 N–H and O–H groups in total. The van der Waals surface area contributed by atoms with Crippen molar-refractivity contribution in [2.24, 2.45) is 0 Å². The molecule has 1 aromatic carbocycles. The highest BCUT2D eigenvalue weighted by atomic mass is 35.5. The number of nitrogens with one attached hydrogen (secondary N) is 2. The van der Waals surface area contributed by atoms with Gasteiger partial charge in [-0.3, -0.25) is 9.63 Å². The molecule has 0 heterocycles. The molecule has 0 saturated carbocycles. The molecule has 3 nitrogen and oxygen atoms in total. The van der Waals surface area contributed by atoms with Crippen molar-refractivity contribution >= 4 is 29.1 Å². The van der Waals surface area contributed by atoms with Crippen molar-refractivity contribution in [2.75, 3.05) is 10.2 Å². The van der Waals surface area contributed by atoms with Crippen LogP contribution >= 0.6 is 11.8 Å². The monoisotopic (exact) mass is 184 g/mol. The van der Waals surface area contributed by atoms with E-state index in [4.69, 9.17) is 11.8 Å². The predicted molar refractivity (Wildman–Crippen MR) is 50.2 cm³/mol. The molecule has 0 aliphatic rings. The second kappa shape index (κ2) is 3.97. The third-order valence-electron chi connectivity index (χ3n) is 1.31. The molecule has 0 saturated heterocycles. The maximum absolute atomic E-state index is 10.6. The van der Waals surface area contributed by atoms with Gasteiger partial charge in [-0.2, -0.15) is 0 Å². The third-order valence-corrected chi connectivity index (χ3v) is 1.53. The Morgan fingerprint density at radius 3 is 2.17 bits per heavy atom. The molecule has 1 amide bonds. The van der Waals surface area contributed by atoms with E-state index in [2.05, 4.69) is 10.2 Å². The fraction of sp³-hybridized carbons (Fsp3) is 0.125. The molecular formula is C8H9ClN2O. The van der Waals surface area contributed by atoms with E-state index in [1.807, 2.05) is 0 Å². The first-order valence-electron chi connectivity index (χ1n) is 3.46. The minimum atomic E-state index is -0.0819. The summed E-state index contributed by atoms with van der Waals surface area (Å²) < 4.78 is 0. The van der Waals surface area contributed by atoms with Crippen LogP contribution in [0.5, 0.6) is 0 Å². The summed E-state index contributed by atoms with van der Waals surface area (Å²) in [7, 11) is 0. The molecule has 4 heteroatoms. The van der Waals surface area contributed by atoms with E-state index in [1.165, 1.54) is 6.92 Å². The summed E-state index contributed by atoms with van der Waals surface area (Å²) in [6.07, 6.45) is 0. The fourth-order valence-corrected chi connectivity index (χ4v) is 0.946. The minimum Gasteiger partial charge on any atom is -0.326 e. The van der Waals surface area contributed by atoms with Gasteiger partial charge >= 0.3 is 0 Å². The Labute approximate surface area is 75.8 Å². The average molecular weight is 185 g/mol. The third kappa shape index (κ3) is 2.43. The van der Waals surface area contributed by atoms with Crippen LogP contribution in [-0.4, -0.2) is 5.91 Å². The number of rotatable bonds is 2. The molecule has 0 atom stereocenters. The Morgan fingerprint density at radius 2 is 1.75 bits per heavy atom. The average Bonchev–Trinajstić information content (AvgIpc) is 2.05. The van der Waals surface area contributed by atoms with Crippen molar-refractivity contribution in [2.45, 2.75) is 6.92 Å². The van der Waals surface area contributed by atoms with E-state index in [0.29, 0.717) is 0 Å². The van der Waals surface area contributed by atoms with E-state index in [0.717, 1.165) is 11.4 Å². The highest BCUT2D eigenvalue weighted by Crippen LogP contribution is 2.13. The molecule has 0 aromatic heterocycles. The van der Waals surface area contributed by atoms with Crippen LogP contribution in [-0.2, 0) is 4.79 Å². The fourth-order valence-electron chi connectivity index (χ4n) is 0.820. The molecule has 64 valence electrons. The van der Waals surface area contributed by atoms with Crippen molar-refractivity contribution in [3.63, 3.8) is 0 Å². The van der Waals surface area contributed by atoms with Crippen LogP contribution < -0.4 is 10.2 Å². The molecule has 0 radical (unpaired) electrons. The van der Waals surface area contributed by atoms with Gasteiger partial charge in [-0.25, -0.2) is 0 Å². The highest BCUT2D eigenvalue weighted by molar-refractivity contribution is 6.23. The van der Waals surface area contributed by atoms with Gasteiger partial charge in [-0.05, 0) is 24.3 Å². The molecule has 1 rings (SSSR count). The van der Waals surface area contributed by atoms with Crippen molar-refractivity contribution in [3.05, 3.63) is 24.3 Å². The van der Waals surface area contributed by atoms with Crippen LogP contribution in [0.3, 0.4) is 0 Å². The Bertz CT molecular complexity index is 271. The second-order valence-corrected chi connectivity index (χ2v) is 2.54. The summed E-state index contributed by atoms with van der Waals surface area (Å²) in [6, 6.07) is 7.09. The first kappa shape index (κ1) is 8.87. The highest BCUT2D eigenvalue weighted by Gasteiger charge is 1.94. The summed E-state index contributed by atoms with van der Waals surface area (Å²) in [6.45, 7) is 1.47. The maximum Gasteiger partial charge on any atom is 0.221 e. The van der Waals surface area contributed by atoms with Gasteiger partial charge in [-0.15, -0.1) is 0 Å². The lowest BCUT2D eigenvalue weighted by Gasteiger charge is -2.02. The number of halogens is 1. The minimum absolute atomic E-state index is 0.0819. The van der Waals surface area contributed by atoms with Crippen LogP contribution in [0.25, 0.3) is 0 Å². The zero-order valence-electron chi connectivity index (χ0n) is 6.60. The summed E-state index contributed by atoms with van der Waals surface area (Å²) in [5, 5.41) is 2.65. The molecule has 0 aliphatic heterocycles. The number of benzene rings is 1. The maximum atomic E-state index is 10.6. The van der Waals surface area contributed by atoms with Crippen molar-refractivity contribution < 1.29 is 4.79 Å². The van der Waals surface area contributed by atoms with Gasteiger partial charge < -0.3 is 5.32 Å². The van der Waals surface area contributed by atoms with Crippen molar-refractivity contribution in [3.8, 4) is 0 Å². The van der Waals surface area contributed by atoms with Gasteiger partial charge in [0, 0.05) is 30.1 Å². The number of hydrogen-bond donors (Lipinski definition) is 2. The van der Waals surface area contributed by atoms with Gasteiger partial charge in [0.25, 0.3) is 0 Å². The molecule has 0 fully saturated rings. The Balaban J connectivity index is 2.71. The number of amides is 1. The largest absolute Gasteiger partial charge is 0.326 e. The zero-order valence-corrected chi connectivity index (χ0v) is 7.35. The zero-order chi connectivity index (χ0) is 8.97. The van der Waals surface area contributed by atoms with E-state index in [9.17, 15) is 4.79 Å². The van der Waals surface area contributed by atoms with E-state index < -0.39 is 0 Å². The van der Waals surface area contributed by atoms with Crippen LogP contribution in [0.4, 0.5) is 11.4 Å². The molecule has 1 aromatic rings. The van der Waals surface area contributed by atoms with Gasteiger partial charge in [0.2, 0.25) is 5.91 Å². The molecular weight excluding hydrogens is 176 g/mol. The summed E-state index contributed by atoms with van der Waals surface area (Å²) in [5.41, 5.74) is 1.56. The molecule has 0 aliphatic carbocycles. The molecule has 0 unspecified atom stereocenters. The normalized spacial score (nSPS) is 9.17. The van der Waals surface area contributed by atoms with Crippen LogP contribution in [0.2, 0.25) is 0 Å². The Kier molecular flexibility index (Phi) is 2.94. The van der Waals surface area contributed by atoms with Crippen LogP contribution in [0, 0.1) is 0 Å². The molecule has 0 bridgehead atoms. The number of carbonyl (C=O) groups is 1. The topological polar surface area (TPSA) is 41.1 Å². The Morgan fingerprint density at radius 1 is 1.25 bits per heavy atom. The smallest absolute Gasteiger partial charge is 0.221 e. The second-order valence-electron chi connectivity index (χ2n) is 2.35. The van der Waals surface area contributed by atoms with Gasteiger partial charge in [0.15, 0.2) is 0 Å². The van der Waals surface area contributed by atoms with Crippen LogP contribution in [0.1, 0.15) is 6.92 Å². The molecule has 12 heavy (non-hydrogen) atoms. The van der Waals surface area contributed by atoms with Gasteiger partial charge in [0.1, 0.15) is 0 Å². The van der Waals surface area contributed by atoms with E-state index in [-0.39, 0.29) is 5.91 Å². The number of hydrogen-bond acceptors (Lipinski definition) is 2. The van der Waals surface area contributed by atoms with E-state index >= 15 is 0 Å². The number of anilines is 2. The Hall–Kier alpha value is -1.22. The SMILES string of the molecule is CC(=O)Nc1ccc(NCl)cc1. The van der Waals surface area contributed by atoms with Gasteiger partial charge in [0.05, 0.1) is 0 Å². The van der Waals surface area contributed by atoms with Crippen molar-refractivity contribution in [1.82, 2.24) is 0 Å². The summed E-state index contributed by atoms with van der Waals surface area (Å²) in [5.74, 6) is -0.0819. The first-order chi connectivity index (χ1) is 5.72. The lowest BCUT2D eigenvalue weighted by molar-refractivity contribution is -0.114. The first-order valence-corrected chi connectivity index (χ1v) is 3.84. The summed E-state index contributed by atoms with van der Waals surface area (Å²) in [4.78, 5) is 13.1. The summed E-state index contributed by atoms with van der Waals surface area (Å²) >= 11 is 5.35. The van der Waals surface area contributed by atoms with E-state index in [1.54, 1.807) is 24.3 Å². The number of carbonyl (C=O) groups excluding carboxylic acids is 1. The lowest BCUT2D eigenvalue weighted by Crippen LogP contribution is -2.05.